The zero-order valence-electron chi connectivity index (χ0n) is 13.3. The zero-order chi connectivity index (χ0) is 15.0. The highest BCUT2D eigenvalue weighted by atomic mass is 15.0. The van der Waals surface area contributed by atoms with Crippen LogP contribution in [0.15, 0.2) is 42.6 Å². The van der Waals surface area contributed by atoms with E-state index in [1.807, 2.05) is 0 Å². The minimum Gasteiger partial charge on any atom is -0.344 e. The van der Waals surface area contributed by atoms with Crippen molar-refractivity contribution in [2.45, 2.75) is 52.1 Å². The maximum Gasteiger partial charge on any atom is 0.0580 e. The van der Waals surface area contributed by atoms with E-state index in [1.54, 1.807) is 0 Å². The molecule has 2 aromatic rings. The Balaban J connectivity index is 2.04. The number of fused-ring (bicyclic) bond motifs is 1. The largest absolute Gasteiger partial charge is 0.344 e. The van der Waals surface area contributed by atoms with Crippen LogP contribution >= 0.6 is 0 Å². The molecule has 0 amide bonds. The van der Waals surface area contributed by atoms with Gasteiger partial charge in [0.15, 0.2) is 0 Å². The van der Waals surface area contributed by atoms with Crippen molar-refractivity contribution >= 4 is 0 Å². The molecule has 0 bridgehead atoms. The van der Waals surface area contributed by atoms with Gasteiger partial charge in [-0.15, -0.1) is 0 Å². The summed E-state index contributed by atoms with van der Waals surface area (Å²) in [7, 11) is 0. The fraction of sp³-hybridized carbons (Fsp3) is 0.474. The Labute approximate surface area is 128 Å². The zero-order valence-corrected chi connectivity index (χ0v) is 13.3. The predicted octanol–water partition coefficient (Wildman–Crippen LogP) is 4.46. The molecule has 1 aliphatic carbocycles. The summed E-state index contributed by atoms with van der Waals surface area (Å²) in [5, 5.41) is 0. The van der Waals surface area contributed by atoms with Crippen molar-refractivity contribution in [3.63, 3.8) is 0 Å². The number of hydrogen-bond donors (Lipinski definition) is 1. The maximum atomic E-state index is 6.40. The van der Waals surface area contributed by atoms with Crippen LogP contribution in [-0.2, 0) is 6.42 Å². The molecule has 0 spiro atoms. The Morgan fingerprint density at radius 2 is 1.95 bits per heavy atom. The van der Waals surface area contributed by atoms with Crippen molar-refractivity contribution in [2.75, 3.05) is 0 Å². The SMILES string of the molecule is CCC(c1ccccc1)n1ccc2c1CC(C)(C)CC2N. The van der Waals surface area contributed by atoms with E-state index in [4.69, 9.17) is 5.73 Å². The van der Waals surface area contributed by atoms with Crippen LogP contribution in [0.2, 0.25) is 0 Å². The van der Waals surface area contributed by atoms with Crippen LogP contribution in [-0.4, -0.2) is 4.57 Å². The van der Waals surface area contributed by atoms with Gasteiger partial charge < -0.3 is 10.3 Å². The quantitative estimate of drug-likeness (QED) is 0.885. The minimum atomic E-state index is 0.179. The molecular weight excluding hydrogens is 256 g/mol. The summed E-state index contributed by atoms with van der Waals surface area (Å²) >= 11 is 0. The fourth-order valence-electron chi connectivity index (χ4n) is 3.82. The summed E-state index contributed by atoms with van der Waals surface area (Å²) < 4.78 is 2.46. The Kier molecular flexibility index (Phi) is 3.66. The monoisotopic (exact) mass is 282 g/mol. The third-order valence-corrected chi connectivity index (χ3v) is 4.78. The lowest BCUT2D eigenvalue weighted by molar-refractivity contribution is 0.273. The third-order valence-electron chi connectivity index (χ3n) is 4.78. The van der Waals surface area contributed by atoms with Crippen molar-refractivity contribution in [3.05, 3.63) is 59.4 Å². The Bertz CT molecular complexity index is 610. The molecule has 0 saturated carbocycles. The van der Waals surface area contributed by atoms with Gasteiger partial charge in [0.2, 0.25) is 0 Å². The van der Waals surface area contributed by atoms with Gasteiger partial charge in [-0.3, -0.25) is 0 Å². The summed E-state index contributed by atoms with van der Waals surface area (Å²) in [5.74, 6) is 0. The summed E-state index contributed by atoms with van der Waals surface area (Å²) in [6.45, 7) is 6.92. The Morgan fingerprint density at radius 1 is 1.24 bits per heavy atom. The van der Waals surface area contributed by atoms with Gasteiger partial charge in [-0.1, -0.05) is 51.1 Å². The first-order chi connectivity index (χ1) is 10.0. The lowest BCUT2D eigenvalue weighted by Gasteiger charge is -2.35. The molecule has 1 aromatic heterocycles. The average Bonchev–Trinajstić information content (AvgIpc) is 2.84. The second-order valence-corrected chi connectivity index (χ2v) is 7.11. The first-order valence-corrected chi connectivity index (χ1v) is 8.02. The van der Waals surface area contributed by atoms with Crippen LogP contribution in [0, 0.1) is 5.41 Å². The average molecular weight is 282 g/mol. The maximum absolute atomic E-state index is 6.40. The molecule has 1 aliphatic rings. The van der Waals surface area contributed by atoms with Crippen molar-refractivity contribution in [1.82, 2.24) is 4.57 Å². The molecule has 0 radical (unpaired) electrons. The van der Waals surface area contributed by atoms with Crippen LogP contribution < -0.4 is 5.73 Å². The van der Waals surface area contributed by atoms with Crippen LogP contribution in [0.3, 0.4) is 0 Å². The molecule has 2 atom stereocenters. The highest BCUT2D eigenvalue weighted by Crippen LogP contribution is 2.41. The standard InChI is InChI=1S/C19H26N2/c1-4-17(14-8-6-5-7-9-14)21-11-10-15-16(20)12-19(2,3)13-18(15)21/h5-11,16-17H,4,12-13,20H2,1-3H3. The van der Waals surface area contributed by atoms with E-state index in [-0.39, 0.29) is 11.5 Å². The molecular formula is C19H26N2. The van der Waals surface area contributed by atoms with Crippen LogP contribution in [0.1, 0.15) is 62.5 Å². The Morgan fingerprint density at radius 3 is 2.62 bits per heavy atom. The second-order valence-electron chi connectivity index (χ2n) is 7.11. The molecule has 0 aliphatic heterocycles. The summed E-state index contributed by atoms with van der Waals surface area (Å²) in [4.78, 5) is 0. The number of nitrogens with two attached hydrogens (primary N) is 1. The number of benzene rings is 1. The molecule has 3 rings (SSSR count). The van der Waals surface area contributed by atoms with Crippen LogP contribution in [0.4, 0.5) is 0 Å². The second kappa shape index (κ2) is 5.34. The highest BCUT2D eigenvalue weighted by Gasteiger charge is 2.33. The number of nitrogens with zero attached hydrogens (tertiary/aromatic N) is 1. The van der Waals surface area contributed by atoms with E-state index in [2.05, 4.69) is 67.9 Å². The van der Waals surface area contributed by atoms with Gasteiger partial charge in [0.05, 0.1) is 6.04 Å². The molecule has 2 nitrogen and oxygen atoms in total. The summed E-state index contributed by atoms with van der Waals surface area (Å²) in [6.07, 6.45) is 5.53. The lowest BCUT2D eigenvalue weighted by atomic mass is 9.74. The molecule has 112 valence electrons. The lowest BCUT2D eigenvalue weighted by Crippen LogP contribution is -2.31. The molecule has 2 N–H and O–H groups in total. The molecule has 1 heterocycles. The van der Waals surface area contributed by atoms with Crippen molar-refractivity contribution < 1.29 is 0 Å². The first-order valence-electron chi connectivity index (χ1n) is 8.02. The minimum absolute atomic E-state index is 0.179. The highest BCUT2D eigenvalue weighted by molar-refractivity contribution is 5.33. The van der Waals surface area contributed by atoms with E-state index in [9.17, 15) is 0 Å². The molecule has 0 fully saturated rings. The van der Waals surface area contributed by atoms with Gasteiger partial charge in [-0.25, -0.2) is 0 Å². The normalized spacial score (nSPS) is 21.8. The fourth-order valence-corrected chi connectivity index (χ4v) is 3.82. The number of aromatic nitrogens is 1. The van der Waals surface area contributed by atoms with Crippen LogP contribution in [0.5, 0.6) is 0 Å². The van der Waals surface area contributed by atoms with Crippen molar-refractivity contribution in [2.24, 2.45) is 11.1 Å². The van der Waals surface area contributed by atoms with Crippen molar-refractivity contribution in [3.8, 4) is 0 Å². The first kappa shape index (κ1) is 14.4. The molecule has 2 heteroatoms. The molecule has 0 saturated heterocycles. The van der Waals surface area contributed by atoms with Crippen LogP contribution in [0.25, 0.3) is 0 Å². The van der Waals surface area contributed by atoms with Gasteiger partial charge >= 0.3 is 0 Å². The molecule has 1 aromatic carbocycles. The van der Waals surface area contributed by atoms with E-state index in [0.29, 0.717) is 6.04 Å². The van der Waals surface area contributed by atoms with Gasteiger partial charge in [-0.2, -0.15) is 0 Å². The number of rotatable bonds is 3. The molecule has 21 heavy (non-hydrogen) atoms. The smallest absolute Gasteiger partial charge is 0.0580 e. The Hall–Kier alpha value is -1.54. The van der Waals surface area contributed by atoms with E-state index < -0.39 is 0 Å². The topological polar surface area (TPSA) is 30.9 Å². The van der Waals surface area contributed by atoms with Gasteiger partial charge in [0, 0.05) is 17.9 Å². The van der Waals surface area contributed by atoms with E-state index in [0.717, 1.165) is 19.3 Å². The van der Waals surface area contributed by atoms with Gasteiger partial charge in [0.25, 0.3) is 0 Å². The number of hydrogen-bond acceptors (Lipinski definition) is 1. The van der Waals surface area contributed by atoms with Gasteiger partial charge in [-0.05, 0) is 41.9 Å². The summed E-state index contributed by atoms with van der Waals surface area (Å²) in [5.41, 5.74) is 10.9. The third kappa shape index (κ3) is 2.65. The molecule has 2 unspecified atom stereocenters. The van der Waals surface area contributed by atoms with Crippen molar-refractivity contribution in [1.29, 1.82) is 0 Å². The van der Waals surface area contributed by atoms with Gasteiger partial charge in [0.1, 0.15) is 0 Å². The van der Waals surface area contributed by atoms with E-state index in [1.165, 1.54) is 16.8 Å². The predicted molar refractivity (Wildman–Crippen MR) is 88.3 cm³/mol. The summed E-state index contributed by atoms with van der Waals surface area (Å²) in [6, 6.07) is 13.6. The van der Waals surface area contributed by atoms with E-state index >= 15 is 0 Å².